The SMILES string of the molecule is c1noc(CCNc2nccc3sccc23)n1. The lowest BCUT2D eigenvalue weighted by atomic mass is 10.3. The van der Waals surface area contributed by atoms with Crippen molar-refractivity contribution in [3.63, 3.8) is 0 Å². The van der Waals surface area contributed by atoms with Gasteiger partial charge in [-0.1, -0.05) is 5.16 Å². The third-order valence-electron chi connectivity index (χ3n) is 2.42. The van der Waals surface area contributed by atoms with Crippen LogP contribution >= 0.6 is 11.3 Å². The molecule has 0 aromatic carbocycles. The average molecular weight is 246 g/mol. The van der Waals surface area contributed by atoms with Gasteiger partial charge in [-0.2, -0.15) is 4.98 Å². The molecule has 3 heterocycles. The number of hydrogen-bond acceptors (Lipinski definition) is 6. The summed E-state index contributed by atoms with van der Waals surface area (Å²) in [6.07, 6.45) is 3.92. The van der Waals surface area contributed by atoms with Crippen LogP contribution in [0.15, 0.2) is 34.6 Å². The monoisotopic (exact) mass is 246 g/mol. The van der Waals surface area contributed by atoms with E-state index in [9.17, 15) is 0 Å². The first-order chi connectivity index (χ1) is 8.43. The fourth-order valence-electron chi connectivity index (χ4n) is 1.63. The number of pyridine rings is 1. The predicted molar refractivity (Wildman–Crippen MR) is 66.1 cm³/mol. The molecule has 5 nitrogen and oxygen atoms in total. The van der Waals surface area contributed by atoms with E-state index < -0.39 is 0 Å². The van der Waals surface area contributed by atoms with Crippen molar-refractivity contribution in [3.05, 3.63) is 35.9 Å². The van der Waals surface area contributed by atoms with Crippen LogP contribution in [0.4, 0.5) is 5.82 Å². The molecule has 0 amide bonds. The highest BCUT2D eigenvalue weighted by atomic mass is 32.1. The van der Waals surface area contributed by atoms with Crippen molar-refractivity contribution in [3.8, 4) is 0 Å². The van der Waals surface area contributed by atoms with Gasteiger partial charge in [-0.25, -0.2) is 4.98 Å². The minimum Gasteiger partial charge on any atom is -0.369 e. The maximum Gasteiger partial charge on any atom is 0.228 e. The summed E-state index contributed by atoms with van der Waals surface area (Å²) >= 11 is 1.71. The maximum atomic E-state index is 4.92. The van der Waals surface area contributed by atoms with Gasteiger partial charge in [0.2, 0.25) is 5.89 Å². The lowest BCUT2D eigenvalue weighted by Crippen LogP contribution is -2.06. The Hall–Kier alpha value is -1.95. The van der Waals surface area contributed by atoms with Crippen molar-refractivity contribution >= 4 is 27.2 Å². The Bertz CT molecular complexity index is 605. The first-order valence-electron chi connectivity index (χ1n) is 5.25. The number of nitrogens with one attached hydrogen (secondary N) is 1. The molecular weight excluding hydrogens is 236 g/mol. The van der Waals surface area contributed by atoms with Crippen LogP contribution in [-0.2, 0) is 6.42 Å². The molecule has 0 fully saturated rings. The summed E-state index contributed by atoms with van der Waals surface area (Å²) in [5.74, 6) is 1.54. The van der Waals surface area contributed by atoms with Crippen LogP contribution in [0.25, 0.3) is 10.1 Å². The van der Waals surface area contributed by atoms with E-state index in [1.54, 1.807) is 11.3 Å². The fraction of sp³-hybridized carbons (Fsp3) is 0.182. The Balaban J connectivity index is 1.70. The zero-order valence-electron chi connectivity index (χ0n) is 8.96. The van der Waals surface area contributed by atoms with Gasteiger partial charge in [-0.15, -0.1) is 11.3 Å². The highest BCUT2D eigenvalue weighted by molar-refractivity contribution is 7.17. The molecule has 0 unspecified atom stereocenters. The summed E-state index contributed by atoms with van der Waals surface area (Å²) < 4.78 is 6.16. The molecule has 3 aromatic rings. The summed E-state index contributed by atoms with van der Waals surface area (Å²) in [6, 6.07) is 4.09. The van der Waals surface area contributed by atoms with Gasteiger partial charge >= 0.3 is 0 Å². The molecule has 6 heteroatoms. The van der Waals surface area contributed by atoms with Crippen LogP contribution in [0.1, 0.15) is 5.89 Å². The zero-order chi connectivity index (χ0) is 11.5. The molecule has 0 aliphatic rings. The average Bonchev–Trinajstić information content (AvgIpc) is 2.99. The van der Waals surface area contributed by atoms with Crippen molar-refractivity contribution in [2.24, 2.45) is 0 Å². The van der Waals surface area contributed by atoms with E-state index in [1.165, 1.54) is 11.0 Å². The molecule has 1 N–H and O–H groups in total. The number of thiophene rings is 1. The number of anilines is 1. The molecule has 0 atom stereocenters. The van der Waals surface area contributed by atoms with Gasteiger partial charge in [0.15, 0.2) is 6.33 Å². The van der Waals surface area contributed by atoms with E-state index in [0.717, 1.165) is 17.7 Å². The molecule has 17 heavy (non-hydrogen) atoms. The van der Waals surface area contributed by atoms with Crippen molar-refractivity contribution in [1.29, 1.82) is 0 Å². The number of nitrogens with zero attached hydrogens (tertiary/aromatic N) is 3. The van der Waals surface area contributed by atoms with Crippen LogP contribution in [0.3, 0.4) is 0 Å². The van der Waals surface area contributed by atoms with Crippen molar-refractivity contribution in [2.75, 3.05) is 11.9 Å². The molecule has 0 saturated heterocycles. The quantitative estimate of drug-likeness (QED) is 0.765. The summed E-state index contributed by atoms with van der Waals surface area (Å²) in [6.45, 7) is 0.726. The van der Waals surface area contributed by atoms with Gasteiger partial charge < -0.3 is 9.84 Å². The van der Waals surface area contributed by atoms with Crippen molar-refractivity contribution in [1.82, 2.24) is 15.1 Å². The number of hydrogen-bond donors (Lipinski definition) is 1. The van der Waals surface area contributed by atoms with Gasteiger partial charge in [-0.3, -0.25) is 0 Å². The fourth-order valence-corrected chi connectivity index (χ4v) is 2.41. The van der Waals surface area contributed by atoms with Gasteiger partial charge in [0, 0.05) is 29.2 Å². The predicted octanol–water partition coefficient (Wildman–Crippen LogP) is 2.33. The molecule has 0 bridgehead atoms. The lowest BCUT2D eigenvalue weighted by Gasteiger charge is -2.04. The molecular formula is C11H10N4OS. The van der Waals surface area contributed by atoms with Gasteiger partial charge in [-0.05, 0) is 17.5 Å². The minimum absolute atomic E-state index is 0.634. The van der Waals surface area contributed by atoms with E-state index in [4.69, 9.17) is 4.52 Å². The van der Waals surface area contributed by atoms with Crippen LogP contribution in [-0.4, -0.2) is 21.7 Å². The minimum atomic E-state index is 0.634. The van der Waals surface area contributed by atoms with Crippen LogP contribution < -0.4 is 5.32 Å². The maximum absolute atomic E-state index is 4.92. The van der Waals surface area contributed by atoms with E-state index in [2.05, 4.69) is 31.9 Å². The lowest BCUT2D eigenvalue weighted by molar-refractivity contribution is 0.380. The Morgan fingerprint density at radius 1 is 1.29 bits per heavy atom. The number of fused-ring (bicyclic) bond motifs is 1. The second kappa shape index (κ2) is 4.50. The Labute approximate surface area is 101 Å². The van der Waals surface area contributed by atoms with Crippen molar-refractivity contribution in [2.45, 2.75) is 6.42 Å². The zero-order valence-corrected chi connectivity index (χ0v) is 9.78. The van der Waals surface area contributed by atoms with Crippen LogP contribution in [0, 0.1) is 0 Å². The second-order valence-corrected chi connectivity index (χ2v) is 4.45. The van der Waals surface area contributed by atoms with Gasteiger partial charge in [0.25, 0.3) is 0 Å². The topological polar surface area (TPSA) is 63.8 Å². The molecule has 86 valence electrons. The summed E-state index contributed by atoms with van der Waals surface area (Å²) in [7, 11) is 0. The van der Waals surface area contributed by atoms with Gasteiger partial charge in [0.05, 0.1) is 0 Å². The smallest absolute Gasteiger partial charge is 0.228 e. The molecule has 3 rings (SSSR count). The second-order valence-electron chi connectivity index (χ2n) is 3.50. The van der Waals surface area contributed by atoms with E-state index in [1.807, 2.05) is 12.3 Å². The first kappa shape index (κ1) is 10.2. The molecule has 0 aliphatic carbocycles. The summed E-state index contributed by atoms with van der Waals surface area (Å²) in [5.41, 5.74) is 0. The van der Waals surface area contributed by atoms with E-state index in [-0.39, 0.29) is 0 Å². The molecule has 3 aromatic heterocycles. The van der Waals surface area contributed by atoms with E-state index >= 15 is 0 Å². The van der Waals surface area contributed by atoms with Crippen LogP contribution in [0.5, 0.6) is 0 Å². The molecule has 0 saturated carbocycles. The standard InChI is InChI=1S/C11H10N4OS/c1-4-12-11(8-3-6-17-9(1)8)13-5-2-10-14-7-15-16-10/h1,3-4,6-7H,2,5H2,(H,12,13). The molecule has 0 radical (unpaired) electrons. The highest BCUT2D eigenvalue weighted by Gasteiger charge is 2.03. The summed E-state index contributed by atoms with van der Waals surface area (Å²) in [5, 5.41) is 10.1. The Kier molecular flexibility index (Phi) is 2.71. The Morgan fingerprint density at radius 2 is 2.29 bits per heavy atom. The highest BCUT2D eigenvalue weighted by Crippen LogP contribution is 2.25. The third kappa shape index (κ3) is 2.12. The first-order valence-corrected chi connectivity index (χ1v) is 6.13. The van der Waals surface area contributed by atoms with Crippen LogP contribution in [0.2, 0.25) is 0 Å². The van der Waals surface area contributed by atoms with Crippen molar-refractivity contribution < 1.29 is 4.52 Å². The molecule has 0 spiro atoms. The normalized spacial score (nSPS) is 10.8. The number of aromatic nitrogens is 3. The Morgan fingerprint density at radius 3 is 3.18 bits per heavy atom. The van der Waals surface area contributed by atoms with Gasteiger partial charge in [0.1, 0.15) is 5.82 Å². The van der Waals surface area contributed by atoms with E-state index in [0.29, 0.717) is 12.3 Å². The largest absolute Gasteiger partial charge is 0.369 e. The molecule has 0 aliphatic heterocycles. The third-order valence-corrected chi connectivity index (χ3v) is 3.30. The summed E-state index contributed by atoms with van der Waals surface area (Å²) in [4.78, 5) is 8.29. The number of rotatable bonds is 4.